The largest absolute Gasteiger partial charge is 0.481 e. The molecule has 0 aliphatic carbocycles. The van der Waals surface area contributed by atoms with E-state index in [-0.39, 0.29) is 6.54 Å². The highest BCUT2D eigenvalue weighted by molar-refractivity contribution is 5.97. The van der Waals surface area contributed by atoms with Crippen molar-refractivity contribution in [2.45, 2.75) is 70.0 Å². The minimum absolute atomic E-state index is 0.209. The zero-order valence-electron chi connectivity index (χ0n) is 20.2. The van der Waals surface area contributed by atoms with E-state index in [0.29, 0.717) is 13.0 Å². The summed E-state index contributed by atoms with van der Waals surface area (Å²) < 4.78 is 4.93. The van der Waals surface area contributed by atoms with E-state index >= 15 is 0 Å². The number of amides is 4. The molecule has 0 bridgehead atoms. The van der Waals surface area contributed by atoms with Gasteiger partial charge in [0.15, 0.2) is 0 Å². The summed E-state index contributed by atoms with van der Waals surface area (Å²) in [4.78, 5) is 82.2. The number of carbonyl (C=O) groups is 7. The van der Waals surface area contributed by atoms with Crippen LogP contribution in [0.1, 0.15) is 51.9 Å². The van der Waals surface area contributed by atoms with E-state index in [1.165, 1.54) is 0 Å². The molecule has 0 aromatic carbocycles. The maximum absolute atomic E-state index is 12.7. The Morgan fingerprint density at radius 1 is 0.639 bits per heavy atom. The Morgan fingerprint density at radius 3 is 1.47 bits per heavy atom. The van der Waals surface area contributed by atoms with Crippen molar-refractivity contribution in [2.75, 3.05) is 20.3 Å². The molecule has 0 aromatic heterocycles. The summed E-state index contributed by atoms with van der Waals surface area (Å²) in [6.07, 6.45) is 0.452. The van der Waals surface area contributed by atoms with E-state index in [2.05, 4.69) is 16.0 Å². The van der Waals surface area contributed by atoms with Gasteiger partial charge in [-0.1, -0.05) is 12.8 Å². The van der Waals surface area contributed by atoms with Crippen molar-refractivity contribution in [3.05, 3.63) is 0 Å². The first-order chi connectivity index (χ1) is 16.9. The molecule has 4 amide bonds. The molecule has 204 valence electrons. The summed E-state index contributed by atoms with van der Waals surface area (Å²) in [5.41, 5.74) is 0. The first kappa shape index (κ1) is 32.2. The summed E-state index contributed by atoms with van der Waals surface area (Å²) in [6.45, 7) is 1.84. The van der Waals surface area contributed by atoms with Crippen LogP contribution in [0.2, 0.25) is 0 Å². The summed E-state index contributed by atoms with van der Waals surface area (Å²) >= 11 is 0. The number of methoxy groups -OCH3 is 1. The molecule has 0 heterocycles. The first-order valence-electron chi connectivity index (χ1n) is 11.2. The molecule has 36 heavy (non-hydrogen) atoms. The van der Waals surface area contributed by atoms with Gasteiger partial charge in [-0.3, -0.25) is 33.6 Å². The maximum atomic E-state index is 12.7. The van der Waals surface area contributed by atoms with Crippen LogP contribution >= 0.6 is 0 Å². The van der Waals surface area contributed by atoms with Gasteiger partial charge in [-0.2, -0.15) is 0 Å². The Balaban J connectivity index is 5.28. The molecule has 0 aliphatic rings. The Kier molecular flexibility index (Phi) is 15.8. The molecule has 0 radical (unpaired) electrons. The fraction of sp³-hybridized carbons (Fsp3) is 0.667. The quantitative estimate of drug-likeness (QED) is 0.0942. The van der Waals surface area contributed by atoms with Crippen LogP contribution in [0, 0.1) is 0 Å². The third-order valence-electron chi connectivity index (χ3n) is 4.67. The predicted molar refractivity (Wildman–Crippen MR) is 122 cm³/mol. The molecule has 7 N–H and O–H groups in total. The van der Waals surface area contributed by atoms with Crippen molar-refractivity contribution in [1.82, 2.24) is 21.3 Å². The van der Waals surface area contributed by atoms with Crippen LogP contribution in [-0.2, 0) is 38.3 Å². The number of rotatable bonds is 19. The molecular formula is C21H34N4O11. The van der Waals surface area contributed by atoms with E-state index < -0.39 is 78.9 Å². The lowest BCUT2D eigenvalue weighted by molar-refractivity contribution is -0.144. The molecule has 3 atom stereocenters. The van der Waals surface area contributed by atoms with Crippen LogP contribution in [0.25, 0.3) is 0 Å². The zero-order valence-corrected chi connectivity index (χ0v) is 20.2. The van der Waals surface area contributed by atoms with Gasteiger partial charge in [-0.15, -0.1) is 0 Å². The number of nitrogens with one attached hydrogen (secondary N) is 4. The van der Waals surface area contributed by atoms with Crippen molar-refractivity contribution in [2.24, 2.45) is 0 Å². The third kappa shape index (κ3) is 15.2. The van der Waals surface area contributed by atoms with Crippen molar-refractivity contribution in [3.63, 3.8) is 0 Å². The second-order valence-corrected chi connectivity index (χ2v) is 7.87. The van der Waals surface area contributed by atoms with Crippen LogP contribution in [-0.4, -0.2) is 95.2 Å². The second kappa shape index (κ2) is 17.7. The number of hydrogen-bond donors (Lipinski definition) is 7. The van der Waals surface area contributed by atoms with Gasteiger partial charge in [0, 0.05) is 27.2 Å². The zero-order chi connectivity index (χ0) is 27.7. The van der Waals surface area contributed by atoms with E-state index in [4.69, 9.17) is 20.1 Å². The van der Waals surface area contributed by atoms with Gasteiger partial charge in [0.05, 0.1) is 19.3 Å². The van der Waals surface area contributed by atoms with Crippen molar-refractivity contribution in [1.29, 1.82) is 0 Å². The lowest BCUT2D eigenvalue weighted by Gasteiger charge is -2.23. The smallest absolute Gasteiger partial charge is 0.305 e. The number of carboxylic acid groups (broad SMARTS) is 3. The van der Waals surface area contributed by atoms with Gasteiger partial charge in [-0.25, -0.2) is 0 Å². The molecule has 0 fully saturated rings. The summed E-state index contributed by atoms with van der Waals surface area (Å²) in [5.74, 6) is -8.26. The van der Waals surface area contributed by atoms with Crippen LogP contribution in [0.5, 0.6) is 0 Å². The van der Waals surface area contributed by atoms with E-state index in [1.807, 2.05) is 5.32 Å². The fourth-order valence-electron chi connectivity index (χ4n) is 3.00. The highest BCUT2D eigenvalue weighted by atomic mass is 16.5. The lowest BCUT2D eigenvalue weighted by atomic mass is 10.1. The van der Waals surface area contributed by atoms with Gasteiger partial charge < -0.3 is 41.3 Å². The Bertz CT molecular complexity index is 787. The number of unbranched alkanes of at least 4 members (excludes halogenated alkanes) is 3. The van der Waals surface area contributed by atoms with E-state index in [0.717, 1.165) is 26.2 Å². The topological polar surface area (TPSA) is 238 Å². The lowest BCUT2D eigenvalue weighted by Crippen LogP contribution is -2.57. The van der Waals surface area contributed by atoms with E-state index in [9.17, 15) is 33.6 Å². The Morgan fingerprint density at radius 2 is 1.06 bits per heavy atom. The molecule has 0 aromatic rings. The van der Waals surface area contributed by atoms with Gasteiger partial charge in [0.1, 0.15) is 18.1 Å². The monoisotopic (exact) mass is 518 g/mol. The molecule has 0 spiro atoms. The number of ether oxygens (including phenoxy) is 1. The highest BCUT2D eigenvalue weighted by Gasteiger charge is 2.32. The van der Waals surface area contributed by atoms with Crippen molar-refractivity contribution in [3.8, 4) is 0 Å². The third-order valence-corrected chi connectivity index (χ3v) is 4.67. The van der Waals surface area contributed by atoms with Crippen LogP contribution in [0.3, 0.4) is 0 Å². The van der Waals surface area contributed by atoms with Crippen molar-refractivity contribution >= 4 is 41.5 Å². The molecule has 0 rings (SSSR count). The number of hydrogen-bond acceptors (Lipinski definition) is 8. The molecule has 0 saturated heterocycles. The highest BCUT2D eigenvalue weighted by Crippen LogP contribution is 2.03. The van der Waals surface area contributed by atoms with Gasteiger partial charge in [-0.05, 0) is 12.8 Å². The average Bonchev–Trinajstić information content (AvgIpc) is 2.75. The number of carboxylic acids is 3. The minimum atomic E-state index is -1.79. The minimum Gasteiger partial charge on any atom is -0.481 e. The Labute approximate surface area is 207 Å². The Hall–Kier alpha value is -3.75. The van der Waals surface area contributed by atoms with Gasteiger partial charge in [0.2, 0.25) is 23.6 Å². The number of carbonyl (C=O) groups excluding carboxylic acids is 4. The van der Waals surface area contributed by atoms with Gasteiger partial charge in [0.25, 0.3) is 0 Å². The summed E-state index contributed by atoms with van der Waals surface area (Å²) in [5, 5.41) is 35.9. The number of aliphatic carboxylic acids is 3. The molecule has 0 saturated carbocycles. The SMILES string of the molecule is COCCCCCCNC(=O)[C@H](CC(=O)O)NC(=O)[C@H](CC(=O)O)NC(=O)[C@H](CC(=O)O)NC(C)=O. The second-order valence-electron chi connectivity index (χ2n) is 7.87. The molecule has 15 heteroatoms. The normalized spacial score (nSPS) is 12.9. The van der Waals surface area contributed by atoms with Gasteiger partial charge >= 0.3 is 17.9 Å². The molecule has 0 aliphatic heterocycles. The first-order valence-corrected chi connectivity index (χ1v) is 11.2. The summed E-state index contributed by atoms with van der Waals surface area (Å²) in [7, 11) is 1.58. The molecule has 15 nitrogen and oxygen atoms in total. The van der Waals surface area contributed by atoms with Crippen molar-refractivity contribution < 1.29 is 53.6 Å². The molecule has 0 unspecified atom stereocenters. The molecular weight excluding hydrogens is 484 g/mol. The van der Waals surface area contributed by atoms with Crippen LogP contribution in [0.15, 0.2) is 0 Å². The van der Waals surface area contributed by atoms with Crippen LogP contribution < -0.4 is 21.3 Å². The maximum Gasteiger partial charge on any atom is 0.305 e. The average molecular weight is 519 g/mol. The van der Waals surface area contributed by atoms with E-state index in [1.54, 1.807) is 7.11 Å². The van der Waals surface area contributed by atoms with Crippen LogP contribution in [0.4, 0.5) is 0 Å². The predicted octanol–water partition coefficient (Wildman–Crippen LogP) is -1.79. The standard InChI is InChI=1S/C21H34N4O11/c1-12(26)23-14(10-17(29)30)20(34)25-15(11-18(31)32)21(35)24-13(9-16(27)28)19(33)22-7-5-3-4-6-8-36-2/h13-15H,3-11H2,1-2H3,(H,22,33)(H,23,26)(H,24,35)(H,25,34)(H,27,28)(H,29,30)(H,31,32)/t13-,14-,15-/m0/s1. The summed E-state index contributed by atoms with van der Waals surface area (Å²) in [6, 6.07) is -4.96. The fourth-order valence-corrected chi connectivity index (χ4v) is 3.00.